The van der Waals surface area contributed by atoms with Crippen LogP contribution in [0.25, 0.3) is 10.9 Å². The van der Waals surface area contributed by atoms with Crippen molar-refractivity contribution in [1.82, 2.24) is 9.97 Å². The average molecular weight is 279 g/mol. The Labute approximate surface area is 125 Å². The molecule has 0 amide bonds. The second-order valence-electron chi connectivity index (χ2n) is 6.45. The maximum atomic E-state index is 4.61. The number of hydrogen-bond donors (Lipinski definition) is 0. The predicted molar refractivity (Wildman–Crippen MR) is 86.4 cm³/mol. The summed E-state index contributed by atoms with van der Waals surface area (Å²) in [6.45, 7) is 2.25. The quantitative estimate of drug-likeness (QED) is 0.740. The van der Waals surface area contributed by atoms with Crippen molar-refractivity contribution < 1.29 is 0 Å². The molecule has 1 fully saturated rings. The Morgan fingerprint density at radius 2 is 2.00 bits per heavy atom. The second-order valence-corrected chi connectivity index (χ2v) is 6.45. The summed E-state index contributed by atoms with van der Waals surface area (Å²) in [6.07, 6.45) is 12.8. The smallest absolute Gasteiger partial charge is 0.139 e. The van der Waals surface area contributed by atoms with Gasteiger partial charge in [-0.2, -0.15) is 0 Å². The molecule has 1 atom stereocenters. The van der Waals surface area contributed by atoms with Crippen molar-refractivity contribution in [2.75, 3.05) is 18.0 Å². The van der Waals surface area contributed by atoms with Crippen LogP contribution < -0.4 is 4.90 Å². The normalized spacial score (nSPS) is 25.6. The van der Waals surface area contributed by atoms with Gasteiger partial charge in [0.2, 0.25) is 0 Å². The van der Waals surface area contributed by atoms with Crippen LogP contribution in [0.15, 0.2) is 42.7 Å². The van der Waals surface area contributed by atoms with E-state index in [9.17, 15) is 0 Å². The van der Waals surface area contributed by atoms with E-state index in [0.717, 1.165) is 24.4 Å². The van der Waals surface area contributed by atoms with Crippen LogP contribution in [0.2, 0.25) is 0 Å². The highest BCUT2D eigenvalue weighted by Gasteiger charge is 2.35. The number of allylic oxidation sites excluding steroid dienone is 2. The molecule has 2 aliphatic rings. The highest BCUT2D eigenvalue weighted by atomic mass is 15.2. The third-order valence-corrected chi connectivity index (χ3v) is 5.04. The first-order valence-electron chi connectivity index (χ1n) is 7.96. The fraction of sp³-hybridized carbons (Fsp3) is 0.444. The standard InChI is InChI=1S/C18H21N3/c1-4-9-18(10-5-1)11-6-12-21(13-18)17-15-7-2-3-8-16(15)19-14-20-17/h1-4,7-8,14H,5-6,9-13H2. The molecule has 1 saturated heterocycles. The average Bonchev–Trinajstić information content (AvgIpc) is 2.55. The lowest BCUT2D eigenvalue weighted by Gasteiger charge is -2.44. The van der Waals surface area contributed by atoms with Crippen LogP contribution in [0.4, 0.5) is 5.82 Å². The monoisotopic (exact) mass is 279 g/mol. The molecule has 0 radical (unpaired) electrons. The minimum Gasteiger partial charge on any atom is -0.355 e. The number of piperidine rings is 1. The van der Waals surface area contributed by atoms with E-state index in [1.807, 2.05) is 6.07 Å². The van der Waals surface area contributed by atoms with Crippen LogP contribution in [0.5, 0.6) is 0 Å². The molecule has 1 spiro atoms. The van der Waals surface area contributed by atoms with E-state index in [1.54, 1.807) is 6.33 Å². The SMILES string of the molecule is C1=CCC2(CC1)CCCN(c1ncnc3ccccc13)C2. The zero-order chi connectivity index (χ0) is 14.1. The number of anilines is 1. The van der Waals surface area contributed by atoms with Gasteiger partial charge in [0.05, 0.1) is 5.52 Å². The van der Waals surface area contributed by atoms with Crippen LogP contribution in [-0.2, 0) is 0 Å². The van der Waals surface area contributed by atoms with Gasteiger partial charge in [0.15, 0.2) is 0 Å². The molecule has 2 aromatic rings. The van der Waals surface area contributed by atoms with E-state index in [-0.39, 0.29) is 0 Å². The highest BCUT2D eigenvalue weighted by molar-refractivity contribution is 5.89. The summed E-state index contributed by atoms with van der Waals surface area (Å²) >= 11 is 0. The topological polar surface area (TPSA) is 29.0 Å². The summed E-state index contributed by atoms with van der Waals surface area (Å²) in [5, 5.41) is 1.18. The van der Waals surface area contributed by atoms with Gasteiger partial charge in [-0.3, -0.25) is 0 Å². The lowest BCUT2D eigenvalue weighted by molar-refractivity contribution is 0.209. The van der Waals surface area contributed by atoms with Gasteiger partial charge in [-0.25, -0.2) is 9.97 Å². The Balaban J connectivity index is 1.70. The number of nitrogens with zero attached hydrogens (tertiary/aromatic N) is 3. The number of hydrogen-bond acceptors (Lipinski definition) is 3. The molecular formula is C18H21N3. The molecule has 0 N–H and O–H groups in total. The van der Waals surface area contributed by atoms with Gasteiger partial charge in [-0.1, -0.05) is 24.3 Å². The lowest BCUT2D eigenvalue weighted by Crippen LogP contribution is -2.44. The van der Waals surface area contributed by atoms with E-state index < -0.39 is 0 Å². The summed E-state index contributed by atoms with van der Waals surface area (Å²) in [6, 6.07) is 8.34. The fourth-order valence-corrected chi connectivity index (χ4v) is 3.94. The molecule has 1 aliphatic heterocycles. The molecule has 1 aliphatic carbocycles. The molecular weight excluding hydrogens is 258 g/mol. The Kier molecular flexibility index (Phi) is 3.13. The number of para-hydroxylation sites is 1. The largest absolute Gasteiger partial charge is 0.355 e. The van der Waals surface area contributed by atoms with Crippen LogP contribution >= 0.6 is 0 Å². The van der Waals surface area contributed by atoms with E-state index in [0.29, 0.717) is 5.41 Å². The number of aromatic nitrogens is 2. The Bertz CT molecular complexity index is 674. The molecule has 1 unspecified atom stereocenters. The maximum absolute atomic E-state index is 4.61. The summed E-state index contributed by atoms with van der Waals surface area (Å²) in [7, 11) is 0. The summed E-state index contributed by atoms with van der Waals surface area (Å²) in [5.41, 5.74) is 1.52. The Morgan fingerprint density at radius 3 is 2.90 bits per heavy atom. The Hall–Kier alpha value is -1.90. The van der Waals surface area contributed by atoms with Crippen LogP contribution in [0.1, 0.15) is 32.1 Å². The molecule has 1 aromatic heterocycles. The van der Waals surface area contributed by atoms with E-state index >= 15 is 0 Å². The molecule has 0 saturated carbocycles. The minimum atomic E-state index is 0.471. The van der Waals surface area contributed by atoms with Gasteiger partial charge in [0, 0.05) is 18.5 Å². The second kappa shape index (κ2) is 5.14. The van der Waals surface area contributed by atoms with Gasteiger partial charge in [-0.05, 0) is 49.7 Å². The van der Waals surface area contributed by atoms with Gasteiger partial charge in [-0.15, -0.1) is 0 Å². The van der Waals surface area contributed by atoms with Gasteiger partial charge < -0.3 is 4.90 Å². The van der Waals surface area contributed by atoms with Crippen molar-refractivity contribution in [3.8, 4) is 0 Å². The molecule has 1 aromatic carbocycles. The number of benzene rings is 1. The fourth-order valence-electron chi connectivity index (χ4n) is 3.94. The first kappa shape index (κ1) is 12.8. The van der Waals surface area contributed by atoms with E-state index in [4.69, 9.17) is 0 Å². The first-order valence-corrected chi connectivity index (χ1v) is 7.96. The summed E-state index contributed by atoms with van der Waals surface area (Å²) in [5.74, 6) is 1.12. The minimum absolute atomic E-state index is 0.471. The van der Waals surface area contributed by atoms with Crippen molar-refractivity contribution in [3.05, 3.63) is 42.7 Å². The molecule has 4 rings (SSSR count). The lowest BCUT2D eigenvalue weighted by atomic mass is 9.71. The molecule has 108 valence electrons. The van der Waals surface area contributed by atoms with Crippen LogP contribution in [-0.4, -0.2) is 23.1 Å². The molecule has 2 heterocycles. The third kappa shape index (κ3) is 2.31. The van der Waals surface area contributed by atoms with Gasteiger partial charge >= 0.3 is 0 Å². The molecule has 3 heteroatoms. The zero-order valence-electron chi connectivity index (χ0n) is 12.3. The van der Waals surface area contributed by atoms with Crippen molar-refractivity contribution >= 4 is 16.7 Å². The zero-order valence-corrected chi connectivity index (χ0v) is 12.3. The number of fused-ring (bicyclic) bond motifs is 1. The highest BCUT2D eigenvalue weighted by Crippen LogP contribution is 2.42. The molecule has 0 bridgehead atoms. The van der Waals surface area contributed by atoms with E-state index in [2.05, 4.69) is 45.2 Å². The summed E-state index contributed by atoms with van der Waals surface area (Å²) < 4.78 is 0. The molecule has 21 heavy (non-hydrogen) atoms. The van der Waals surface area contributed by atoms with Crippen molar-refractivity contribution in [1.29, 1.82) is 0 Å². The van der Waals surface area contributed by atoms with E-state index in [1.165, 1.54) is 37.5 Å². The van der Waals surface area contributed by atoms with Gasteiger partial charge in [0.1, 0.15) is 12.1 Å². The Morgan fingerprint density at radius 1 is 1.05 bits per heavy atom. The molecule has 3 nitrogen and oxygen atoms in total. The van der Waals surface area contributed by atoms with Gasteiger partial charge in [0.25, 0.3) is 0 Å². The van der Waals surface area contributed by atoms with Crippen molar-refractivity contribution in [2.24, 2.45) is 5.41 Å². The van der Waals surface area contributed by atoms with Crippen molar-refractivity contribution in [3.63, 3.8) is 0 Å². The third-order valence-electron chi connectivity index (χ3n) is 5.04. The predicted octanol–water partition coefficient (Wildman–Crippen LogP) is 3.96. The van der Waals surface area contributed by atoms with Crippen molar-refractivity contribution in [2.45, 2.75) is 32.1 Å². The van der Waals surface area contributed by atoms with Crippen LogP contribution in [0.3, 0.4) is 0 Å². The number of rotatable bonds is 1. The van der Waals surface area contributed by atoms with Crippen LogP contribution in [0, 0.1) is 5.41 Å². The summed E-state index contributed by atoms with van der Waals surface area (Å²) in [4.78, 5) is 11.5. The maximum Gasteiger partial charge on any atom is 0.139 e. The first-order chi connectivity index (χ1) is 10.4.